The minimum atomic E-state index is -2.63. The second-order valence-electron chi connectivity index (χ2n) is 6.83. The first kappa shape index (κ1) is 15.5. The first-order chi connectivity index (χ1) is 11.6. The molecule has 24 heavy (non-hydrogen) atoms. The third-order valence-electron chi connectivity index (χ3n) is 5.23. The number of nitrogens with one attached hydrogen (secondary N) is 2. The van der Waals surface area contributed by atoms with Crippen molar-refractivity contribution in [1.29, 1.82) is 0 Å². The molecule has 2 aliphatic rings. The minimum Gasteiger partial charge on any atom is -0.302 e. The van der Waals surface area contributed by atoms with Crippen molar-refractivity contribution in [3.05, 3.63) is 52.2 Å². The number of halogens is 2. The zero-order valence-corrected chi connectivity index (χ0v) is 13.2. The zero-order valence-electron chi connectivity index (χ0n) is 13.2. The van der Waals surface area contributed by atoms with Crippen molar-refractivity contribution in [2.24, 2.45) is 5.92 Å². The highest BCUT2D eigenvalue weighted by molar-refractivity contribution is 5.32. The molecular weight excluding hydrogens is 314 g/mol. The maximum absolute atomic E-state index is 14.2. The summed E-state index contributed by atoms with van der Waals surface area (Å²) in [5, 5.41) is 6.37. The molecule has 2 N–H and O–H groups in total. The Hall–Kier alpha value is -2.02. The Morgan fingerprint density at radius 3 is 2.79 bits per heavy atom. The molecule has 0 radical (unpaired) electrons. The third-order valence-corrected chi connectivity index (χ3v) is 5.23. The molecule has 1 aliphatic heterocycles. The van der Waals surface area contributed by atoms with Crippen LogP contribution in [0.15, 0.2) is 35.1 Å². The van der Waals surface area contributed by atoms with E-state index in [2.05, 4.69) is 20.1 Å². The van der Waals surface area contributed by atoms with Crippen LogP contribution < -0.4 is 5.69 Å². The van der Waals surface area contributed by atoms with Crippen LogP contribution >= 0.6 is 0 Å². The largest absolute Gasteiger partial charge is 0.340 e. The number of rotatable bonds is 4. The number of aromatic nitrogens is 3. The Kier molecular flexibility index (Phi) is 3.75. The van der Waals surface area contributed by atoms with Crippen LogP contribution in [0.5, 0.6) is 0 Å². The van der Waals surface area contributed by atoms with Crippen LogP contribution in [0.2, 0.25) is 0 Å². The average molecular weight is 334 g/mol. The highest BCUT2D eigenvalue weighted by Crippen LogP contribution is 2.61. The van der Waals surface area contributed by atoms with E-state index in [1.54, 1.807) is 12.1 Å². The van der Waals surface area contributed by atoms with Gasteiger partial charge in [0.25, 0.3) is 5.92 Å². The van der Waals surface area contributed by atoms with Crippen LogP contribution in [0.25, 0.3) is 0 Å². The van der Waals surface area contributed by atoms with Crippen LogP contribution in [0.1, 0.15) is 36.1 Å². The molecule has 2 aromatic rings. The lowest BCUT2D eigenvalue weighted by Crippen LogP contribution is -2.37. The predicted octanol–water partition coefficient (Wildman–Crippen LogP) is 2.33. The fourth-order valence-electron chi connectivity index (χ4n) is 3.93. The highest BCUT2D eigenvalue weighted by atomic mass is 19.3. The number of hydrogen-bond acceptors (Lipinski definition) is 3. The van der Waals surface area contributed by atoms with Gasteiger partial charge in [0, 0.05) is 24.9 Å². The summed E-state index contributed by atoms with van der Waals surface area (Å²) in [5.41, 5.74) is 0.401. The SMILES string of the molecule is O=c1[nH]nc(C2CCCN(C[C@H]3[C@H](c4ccccc4)C3(F)F)C2)[nH]1. The Morgan fingerprint density at radius 1 is 1.29 bits per heavy atom. The lowest BCUT2D eigenvalue weighted by atomic mass is 9.97. The summed E-state index contributed by atoms with van der Waals surface area (Å²) < 4.78 is 28.5. The Morgan fingerprint density at radius 2 is 2.08 bits per heavy atom. The van der Waals surface area contributed by atoms with Crippen LogP contribution in [0.3, 0.4) is 0 Å². The second kappa shape index (κ2) is 5.81. The van der Waals surface area contributed by atoms with Gasteiger partial charge in [-0.1, -0.05) is 30.3 Å². The highest BCUT2D eigenvalue weighted by Gasteiger charge is 2.68. The third kappa shape index (κ3) is 2.77. The van der Waals surface area contributed by atoms with E-state index < -0.39 is 17.8 Å². The van der Waals surface area contributed by atoms with Gasteiger partial charge < -0.3 is 4.90 Å². The molecule has 0 amide bonds. The minimum absolute atomic E-state index is 0.0975. The van der Waals surface area contributed by atoms with E-state index in [9.17, 15) is 13.6 Å². The van der Waals surface area contributed by atoms with Crippen molar-refractivity contribution in [3.8, 4) is 0 Å². The summed E-state index contributed by atoms with van der Waals surface area (Å²) in [6, 6.07) is 9.04. The van der Waals surface area contributed by atoms with E-state index in [0.717, 1.165) is 24.9 Å². The van der Waals surface area contributed by atoms with Gasteiger partial charge in [0.1, 0.15) is 5.82 Å². The molecule has 128 valence electrons. The fraction of sp³-hybridized carbons (Fsp3) is 0.529. The fourth-order valence-corrected chi connectivity index (χ4v) is 3.93. The van der Waals surface area contributed by atoms with Crippen molar-refractivity contribution < 1.29 is 8.78 Å². The molecule has 2 heterocycles. The summed E-state index contributed by atoms with van der Waals surface area (Å²) in [6.07, 6.45) is 1.84. The summed E-state index contributed by atoms with van der Waals surface area (Å²) in [7, 11) is 0. The van der Waals surface area contributed by atoms with Crippen molar-refractivity contribution in [3.63, 3.8) is 0 Å². The molecule has 1 saturated carbocycles. The normalized spacial score (nSPS) is 29.5. The molecular formula is C17H20F2N4O. The molecule has 1 aliphatic carbocycles. The maximum Gasteiger partial charge on any atom is 0.340 e. The quantitative estimate of drug-likeness (QED) is 0.902. The molecule has 2 fully saturated rings. The van der Waals surface area contributed by atoms with Crippen LogP contribution in [0.4, 0.5) is 8.78 Å². The van der Waals surface area contributed by atoms with Gasteiger partial charge in [-0.25, -0.2) is 18.7 Å². The van der Waals surface area contributed by atoms with E-state index in [1.165, 1.54) is 0 Å². The van der Waals surface area contributed by atoms with E-state index in [1.807, 2.05) is 18.2 Å². The van der Waals surface area contributed by atoms with Gasteiger partial charge in [0.2, 0.25) is 0 Å². The van der Waals surface area contributed by atoms with E-state index in [4.69, 9.17) is 0 Å². The van der Waals surface area contributed by atoms with Crippen LogP contribution in [0, 0.1) is 5.92 Å². The Bertz CT molecular complexity index is 757. The van der Waals surface area contributed by atoms with Gasteiger partial charge in [0.15, 0.2) is 0 Å². The number of nitrogens with zero attached hydrogens (tertiary/aromatic N) is 2. The Balaban J connectivity index is 1.43. The van der Waals surface area contributed by atoms with Crippen molar-refractivity contribution in [2.45, 2.75) is 30.6 Å². The van der Waals surface area contributed by atoms with Gasteiger partial charge >= 0.3 is 5.69 Å². The molecule has 1 aromatic heterocycles. The van der Waals surface area contributed by atoms with Crippen LogP contribution in [-0.4, -0.2) is 45.6 Å². The Labute approximate surface area is 138 Å². The van der Waals surface area contributed by atoms with Gasteiger partial charge in [-0.05, 0) is 24.9 Å². The number of H-pyrrole nitrogens is 2. The molecule has 0 bridgehead atoms. The lowest BCUT2D eigenvalue weighted by molar-refractivity contribution is 0.0787. The number of piperidine rings is 1. The smallest absolute Gasteiger partial charge is 0.302 e. The lowest BCUT2D eigenvalue weighted by Gasteiger charge is -2.31. The van der Waals surface area contributed by atoms with Crippen LogP contribution in [-0.2, 0) is 0 Å². The molecule has 0 spiro atoms. The summed E-state index contributed by atoms with van der Waals surface area (Å²) in [5.74, 6) is -3.21. The molecule has 7 heteroatoms. The topological polar surface area (TPSA) is 64.8 Å². The summed E-state index contributed by atoms with van der Waals surface area (Å²) in [4.78, 5) is 16.0. The van der Waals surface area contributed by atoms with Crippen molar-refractivity contribution in [1.82, 2.24) is 20.1 Å². The molecule has 1 unspecified atom stereocenters. The first-order valence-electron chi connectivity index (χ1n) is 8.35. The van der Waals surface area contributed by atoms with Gasteiger partial charge in [-0.3, -0.25) is 4.98 Å². The molecule has 4 rings (SSSR count). The standard InChI is InChI=1S/C17H20F2N4O/c18-17(19)13(14(17)11-5-2-1-3-6-11)10-23-8-4-7-12(9-23)15-20-16(24)22-21-15/h1-3,5-6,12-14H,4,7-10H2,(H2,20,21,22,24)/t12?,13-,14-/m0/s1. The second-order valence-corrected chi connectivity index (χ2v) is 6.83. The zero-order chi connectivity index (χ0) is 16.7. The number of alkyl halides is 2. The van der Waals surface area contributed by atoms with E-state index in [-0.39, 0.29) is 11.6 Å². The molecule has 5 nitrogen and oxygen atoms in total. The van der Waals surface area contributed by atoms with Crippen molar-refractivity contribution in [2.75, 3.05) is 19.6 Å². The number of hydrogen-bond donors (Lipinski definition) is 2. The van der Waals surface area contributed by atoms with Crippen molar-refractivity contribution >= 4 is 0 Å². The summed E-state index contributed by atoms with van der Waals surface area (Å²) >= 11 is 0. The van der Waals surface area contributed by atoms with E-state index >= 15 is 0 Å². The average Bonchev–Trinajstić information content (AvgIpc) is 2.91. The molecule has 1 saturated heterocycles. The summed E-state index contributed by atoms with van der Waals surface area (Å²) in [6.45, 7) is 1.87. The number of likely N-dealkylation sites (tertiary alicyclic amines) is 1. The van der Waals surface area contributed by atoms with E-state index in [0.29, 0.717) is 18.9 Å². The molecule has 1 aromatic carbocycles. The predicted molar refractivity (Wildman–Crippen MR) is 85.2 cm³/mol. The van der Waals surface area contributed by atoms with Gasteiger partial charge in [-0.15, -0.1) is 0 Å². The maximum atomic E-state index is 14.2. The van der Waals surface area contributed by atoms with Gasteiger partial charge in [-0.2, -0.15) is 5.10 Å². The first-order valence-corrected chi connectivity index (χ1v) is 8.35. The molecule has 3 atom stereocenters. The number of aromatic amines is 2. The number of benzene rings is 1. The van der Waals surface area contributed by atoms with Gasteiger partial charge in [0.05, 0.1) is 5.92 Å². The monoisotopic (exact) mass is 334 g/mol.